The molecule has 0 fully saturated rings. The number of carbonyl (C=O) groups excluding carboxylic acids is 1. The number of esters is 1. The quantitative estimate of drug-likeness (QED) is 0.339. The summed E-state index contributed by atoms with van der Waals surface area (Å²) in [6, 6.07) is 0. The highest BCUT2D eigenvalue weighted by Crippen LogP contribution is 1.97. The van der Waals surface area contributed by atoms with Gasteiger partial charge < -0.3 is 29.2 Å². The molecule has 0 saturated carbocycles. The number of aliphatic hydroxyl groups excluding tert-OH is 2. The second-order valence-electron chi connectivity index (χ2n) is 3.45. The first-order valence-electron chi connectivity index (χ1n) is 5.79. The van der Waals surface area contributed by atoms with Crippen molar-refractivity contribution in [1.82, 2.24) is 0 Å². The van der Waals surface area contributed by atoms with Crippen LogP contribution in [0.15, 0.2) is 0 Å². The van der Waals surface area contributed by atoms with Crippen LogP contribution in [0.25, 0.3) is 0 Å². The first-order chi connectivity index (χ1) is 8.76. The molecule has 0 heterocycles. The predicted octanol–water partition coefficient (Wildman–Crippen LogP) is -1.19. The first-order valence-corrected chi connectivity index (χ1v) is 5.79. The lowest BCUT2D eigenvalue weighted by Gasteiger charge is -2.11. The molecule has 108 valence electrons. The molecule has 0 amide bonds. The number of rotatable bonds is 12. The van der Waals surface area contributed by atoms with Gasteiger partial charge in [0.25, 0.3) is 0 Å². The lowest BCUT2D eigenvalue weighted by Crippen LogP contribution is -2.26. The number of hydrogen-bond donors (Lipinski definition) is 2. The molecule has 2 N–H and O–H groups in total. The molecule has 0 rings (SSSR count). The summed E-state index contributed by atoms with van der Waals surface area (Å²) in [6.07, 6.45) is 0. The minimum atomic E-state index is -0.873. The zero-order valence-corrected chi connectivity index (χ0v) is 10.7. The molecule has 0 aliphatic rings. The highest BCUT2D eigenvalue weighted by Gasteiger charge is 2.17. The van der Waals surface area contributed by atoms with Crippen LogP contribution in [0.4, 0.5) is 0 Å². The van der Waals surface area contributed by atoms with E-state index in [0.29, 0.717) is 26.4 Å². The summed E-state index contributed by atoms with van der Waals surface area (Å²) in [6.45, 7) is 1.41. The van der Waals surface area contributed by atoms with Gasteiger partial charge in [-0.05, 0) is 0 Å². The fourth-order valence-corrected chi connectivity index (χ4v) is 0.990. The number of carbonyl (C=O) groups is 1. The van der Waals surface area contributed by atoms with Crippen molar-refractivity contribution in [3.63, 3.8) is 0 Å². The maximum atomic E-state index is 11.2. The van der Waals surface area contributed by atoms with Crippen LogP contribution in [-0.4, -0.2) is 76.1 Å². The Labute approximate surface area is 107 Å². The molecule has 0 saturated heterocycles. The van der Waals surface area contributed by atoms with Crippen LogP contribution in [0.2, 0.25) is 0 Å². The minimum absolute atomic E-state index is 0.0907. The third-order valence-corrected chi connectivity index (χ3v) is 2.05. The normalized spacial score (nSPS) is 10.9. The third kappa shape index (κ3) is 9.32. The molecule has 0 aromatic carbocycles. The Morgan fingerprint density at radius 3 is 1.94 bits per heavy atom. The van der Waals surface area contributed by atoms with Crippen LogP contribution in [0.1, 0.15) is 0 Å². The summed E-state index contributed by atoms with van der Waals surface area (Å²) < 4.78 is 19.9. The maximum Gasteiger partial charge on any atom is 0.313 e. The highest BCUT2D eigenvalue weighted by molar-refractivity contribution is 5.72. The largest absolute Gasteiger partial charge is 0.463 e. The fourth-order valence-electron chi connectivity index (χ4n) is 0.990. The van der Waals surface area contributed by atoms with Gasteiger partial charge in [-0.3, -0.25) is 4.79 Å². The van der Waals surface area contributed by atoms with Gasteiger partial charge in [-0.2, -0.15) is 0 Å². The van der Waals surface area contributed by atoms with E-state index in [2.05, 4.69) is 0 Å². The summed E-state index contributed by atoms with van der Waals surface area (Å²) in [5, 5.41) is 17.4. The van der Waals surface area contributed by atoms with E-state index in [9.17, 15) is 4.79 Å². The van der Waals surface area contributed by atoms with Gasteiger partial charge in [0.1, 0.15) is 12.5 Å². The second-order valence-corrected chi connectivity index (χ2v) is 3.45. The van der Waals surface area contributed by atoms with Gasteiger partial charge in [-0.15, -0.1) is 0 Å². The maximum absolute atomic E-state index is 11.2. The Bertz CT molecular complexity index is 194. The molecule has 0 atom stereocenters. The molecular formula is C11H22O7. The summed E-state index contributed by atoms with van der Waals surface area (Å²) in [4.78, 5) is 11.2. The molecular weight excluding hydrogens is 244 g/mol. The van der Waals surface area contributed by atoms with E-state index in [-0.39, 0.29) is 13.2 Å². The van der Waals surface area contributed by atoms with Gasteiger partial charge >= 0.3 is 5.97 Å². The van der Waals surface area contributed by atoms with Crippen molar-refractivity contribution < 1.29 is 34.0 Å². The molecule has 0 aromatic rings. The van der Waals surface area contributed by atoms with Gasteiger partial charge in [0.15, 0.2) is 0 Å². The molecule has 0 aliphatic carbocycles. The van der Waals surface area contributed by atoms with Crippen LogP contribution in [0.3, 0.4) is 0 Å². The SMILES string of the molecule is COCCOCCOCCOC(=O)C(CO)CO. The number of ether oxygens (including phenoxy) is 4. The van der Waals surface area contributed by atoms with E-state index < -0.39 is 25.1 Å². The van der Waals surface area contributed by atoms with Crippen molar-refractivity contribution in [2.45, 2.75) is 0 Å². The smallest absolute Gasteiger partial charge is 0.313 e. The zero-order valence-electron chi connectivity index (χ0n) is 10.7. The summed E-state index contributed by atoms with van der Waals surface area (Å²) in [5.41, 5.74) is 0. The summed E-state index contributed by atoms with van der Waals surface area (Å²) in [5.74, 6) is -1.50. The first kappa shape index (κ1) is 17.3. The average molecular weight is 266 g/mol. The molecule has 0 radical (unpaired) electrons. The van der Waals surface area contributed by atoms with E-state index in [4.69, 9.17) is 29.2 Å². The van der Waals surface area contributed by atoms with E-state index in [1.165, 1.54) is 0 Å². The summed E-state index contributed by atoms with van der Waals surface area (Å²) in [7, 11) is 1.60. The van der Waals surface area contributed by atoms with Crippen molar-refractivity contribution in [1.29, 1.82) is 0 Å². The topological polar surface area (TPSA) is 94.5 Å². The Morgan fingerprint density at radius 2 is 1.44 bits per heavy atom. The number of aliphatic hydroxyl groups is 2. The molecule has 0 aliphatic heterocycles. The predicted molar refractivity (Wildman–Crippen MR) is 62.1 cm³/mol. The Morgan fingerprint density at radius 1 is 0.944 bits per heavy atom. The number of hydrogen-bond acceptors (Lipinski definition) is 7. The molecule has 0 spiro atoms. The standard InChI is InChI=1S/C11H22O7/c1-15-2-3-16-4-5-17-6-7-18-11(14)10(8-12)9-13/h10,12-13H,2-9H2,1H3. The van der Waals surface area contributed by atoms with Crippen LogP contribution in [0.5, 0.6) is 0 Å². The molecule has 7 nitrogen and oxygen atoms in total. The van der Waals surface area contributed by atoms with Crippen molar-refractivity contribution in [3.8, 4) is 0 Å². The Balaban J connectivity index is 3.27. The van der Waals surface area contributed by atoms with Gasteiger partial charge in [0.05, 0.1) is 46.2 Å². The van der Waals surface area contributed by atoms with Crippen LogP contribution >= 0.6 is 0 Å². The highest BCUT2D eigenvalue weighted by atomic mass is 16.6. The van der Waals surface area contributed by atoms with Crippen LogP contribution < -0.4 is 0 Å². The monoisotopic (exact) mass is 266 g/mol. The van der Waals surface area contributed by atoms with Crippen LogP contribution in [0, 0.1) is 5.92 Å². The van der Waals surface area contributed by atoms with E-state index in [1.54, 1.807) is 7.11 Å². The van der Waals surface area contributed by atoms with Gasteiger partial charge in [-0.25, -0.2) is 0 Å². The van der Waals surface area contributed by atoms with E-state index in [0.717, 1.165) is 0 Å². The van der Waals surface area contributed by atoms with E-state index in [1.807, 2.05) is 0 Å². The van der Waals surface area contributed by atoms with Gasteiger partial charge in [0.2, 0.25) is 0 Å². The van der Waals surface area contributed by atoms with Crippen molar-refractivity contribution >= 4 is 5.97 Å². The summed E-state index contributed by atoms with van der Waals surface area (Å²) >= 11 is 0. The third-order valence-electron chi connectivity index (χ3n) is 2.05. The van der Waals surface area contributed by atoms with Gasteiger partial charge in [-0.1, -0.05) is 0 Å². The van der Waals surface area contributed by atoms with Crippen molar-refractivity contribution in [3.05, 3.63) is 0 Å². The molecule has 0 aromatic heterocycles. The molecule has 0 unspecified atom stereocenters. The molecule has 7 heteroatoms. The Hall–Kier alpha value is -0.730. The average Bonchev–Trinajstić information content (AvgIpc) is 2.38. The second kappa shape index (κ2) is 12.7. The lowest BCUT2D eigenvalue weighted by molar-refractivity contribution is -0.153. The van der Waals surface area contributed by atoms with Gasteiger partial charge in [0, 0.05) is 7.11 Å². The zero-order chi connectivity index (χ0) is 13.6. The van der Waals surface area contributed by atoms with Crippen molar-refractivity contribution in [2.24, 2.45) is 5.92 Å². The molecule has 0 bridgehead atoms. The van der Waals surface area contributed by atoms with E-state index >= 15 is 0 Å². The number of methoxy groups -OCH3 is 1. The Kier molecular flexibility index (Phi) is 12.2. The molecule has 18 heavy (non-hydrogen) atoms. The van der Waals surface area contributed by atoms with Crippen molar-refractivity contribution in [2.75, 3.05) is 60.0 Å². The fraction of sp³-hybridized carbons (Fsp3) is 0.909. The lowest BCUT2D eigenvalue weighted by atomic mass is 10.2. The minimum Gasteiger partial charge on any atom is -0.463 e. The van der Waals surface area contributed by atoms with Crippen LogP contribution in [-0.2, 0) is 23.7 Å².